The third kappa shape index (κ3) is 4.96. The molecule has 1 atom stereocenters. The molecular weight excluding hydrogens is 337 g/mol. The molecule has 0 radical (unpaired) electrons. The van der Waals surface area contributed by atoms with Crippen molar-refractivity contribution in [2.75, 3.05) is 24.5 Å². The number of anilines is 1. The second kappa shape index (κ2) is 7.05. The summed E-state index contributed by atoms with van der Waals surface area (Å²) in [5, 5.41) is 0. The van der Waals surface area contributed by atoms with Crippen LogP contribution in [0, 0.1) is 0 Å². The number of halogens is 3. The predicted molar refractivity (Wildman–Crippen MR) is 86.3 cm³/mol. The molecule has 2 rings (SSSR count). The largest absolute Gasteiger partial charge is 0.444 e. The van der Waals surface area contributed by atoms with Crippen LogP contribution in [0.5, 0.6) is 0 Å². The molecule has 0 spiro atoms. The number of aromatic nitrogens is 2. The smallest absolute Gasteiger partial charge is 0.419 e. The lowest BCUT2D eigenvalue weighted by Crippen LogP contribution is -2.56. The summed E-state index contributed by atoms with van der Waals surface area (Å²) in [4.78, 5) is 23.4. The van der Waals surface area contributed by atoms with Gasteiger partial charge in [-0.2, -0.15) is 13.2 Å². The van der Waals surface area contributed by atoms with Crippen molar-refractivity contribution in [3.63, 3.8) is 0 Å². The molecule has 1 aromatic rings. The van der Waals surface area contributed by atoms with Gasteiger partial charge in [0.2, 0.25) is 5.95 Å². The zero-order chi connectivity index (χ0) is 18.8. The van der Waals surface area contributed by atoms with Crippen molar-refractivity contribution in [3.8, 4) is 0 Å². The van der Waals surface area contributed by atoms with Crippen LogP contribution in [-0.2, 0) is 10.9 Å². The minimum atomic E-state index is -4.46. The van der Waals surface area contributed by atoms with Gasteiger partial charge >= 0.3 is 12.3 Å². The second-order valence-corrected chi connectivity index (χ2v) is 6.95. The van der Waals surface area contributed by atoms with E-state index in [0.29, 0.717) is 26.1 Å². The Morgan fingerprint density at radius 1 is 1.24 bits per heavy atom. The second-order valence-electron chi connectivity index (χ2n) is 6.95. The van der Waals surface area contributed by atoms with Gasteiger partial charge < -0.3 is 14.5 Å². The molecule has 1 amide bonds. The topological polar surface area (TPSA) is 58.6 Å². The highest BCUT2D eigenvalue weighted by Crippen LogP contribution is 2.28. The number of piperazine rings is 1. The maximum absolute atomic E-state index is 12.6. The molecule has 6 nitrogen and oxygen atoms in total. The molecule has 25 heavy (non-hydrogen) atoms. The number of carbonyl (C=O) groups is 1. The quantitative estimate of drug-likeness (QED) is 0.810. The number of ether oxygens (including phenoxy) is 1. The van der Waals surface area contributed by atoms with Gasteiger partial charge in [-0.1, -0.05) is 6.92 Å². The van der Waals surface area contributed by atoms with Crippen molar-refractivity contribution in [1.82, 2.24) is 14.9 Å². The lowest BCUT2D eigenvalue weighted by atomic mass is 10.1. The summed E-state index contributed by atoms with van der Waals surface area (Å²) in [7, 11) is 0. The maximum Gasteiger partial charge on any atom is 0.419 e. The van der Waals surface area contributed by atoms with Crippen LogP contribution in [0.4, 0.5) is 23.9 Å². The van der Waals surface area contributed by atoms with E-state index in [0.717, 1.165) is 12.4 Å². The molecule has 0 bridgehead atoms. The molecule has 1 saturated heterocycles. The highest BCUT2D eigenvalue weighted by atomic mass is 19.4. The van der Waals surface area contributed by atoms with E-state index in [4.69, 9.17) is 4.74 Å². The van der Waals surface area contributed by atoms with Gasteiger partial charge in [-0.15, -0.1) is 0 Å². The molecule has 0 unspecified atom stereocenters. The number of nitrogens with zero attached hydrogens (tertiary/aromatic N) is 4. The van der Waals surface area contributed by atoms with Crippen molar-refractivity contribution >= 4 is 12.0 Å². The van der Waals surface area contributed by atoms with Gasteiger partial charge in [0, 0.05) is 32.0 Å². The SMILES string of the molecule is CC[C@@H]1CN(c2ncc(C(F)(F)F)cn2)CCN1C(=O)OC(C)(C)C. The minimum absolute atomic E-state index is 0.116. The summed E-state index contributed by atoms with van der Waals surface area (Å²) in [5.41, 5.74) is -1.46. The Kier molecular flexibility index (Phi) is 5.43. The average Bonchev–Trinajstić information content (AvgIpc) is 2.52. The van der Waals surface area contributed by atoms with E-state index in [-0.39, 0.29) is 18.1 Å². The van der Waals surface area contributed by atoms with Gasteiger partial charge in [0.05, 0.1) is 11.6 Å². The fourth-order valence-electron chi connectivity index (χ4n) is 2.58. The first-order valence-corrected chi connectivity index (χ1v) is 8.15. The fraction of sp³-hybridized carbons (Fsp3) is 0.688. The monoisotopic (exact) mass is 360 g/mol. The fourth-order valence-corrected chi connectivity index (χ4v) is 2.58. The Bertz CT molecular complexity index is 599. The van der Waals surface area contributed by atoms with Crippen molar-refractivity contribution in [2.24, 2.45) is 0 Å². The Hall–Kier alpha value is -2.06. The number of hydrogen-bond donors (Lipinski definition) is 0. The molecule has 1 fully saturated rings. The van der Waals surface area contributed by atoms with Crippen LogP contribution >= 0.6 is 0 Å². The third-order valence-corrected chi connectivity index (χ3v) is 3.83. The van der Waals surface area contributed by atoms with Crippen molar-refractivity contribution < 1.29 is 22.7 Å². The summed E-state index contributed by atoms with van der Waals surface area (Å²) in [5.74, 6) is 0.232. The molecule has 0 saturated carbocycles. The molecule has 1 aromatic heterocycles. The zero-order valence-corrected chi connectivity index (χ0v) is 14.8. The third-order valence-electron chi connectivity index (χ3n) is 3.83. The molecule has 0 aliphatic carbocycles. The van der Waals surface area contributed by atoms with Crippen LogP contribution in [-0.4, -0.2) is 52.2 Å². The maximum atomic E-state index is 12.6. The number of amides is 1. The lowest BCUT2D eigenvalue weighted by molar-refractivity contribution is -0.138. The molecule has 9 heteroatoms. The van der Waals surface area contributed by atoms with E-state index >= 15 is 0 Å². The van der Waals surface area contributed by atoms with Gasteiger partial charge in [-0.05, 0) is 27.2 Å². The van der Waals surface area contributed by atoms with E-state index in [9.17, 15) is 18.0 Å². The first-order chi connectivity index (χ1) is 11.5. The van der Waals surface area contributed by atoms with Crippen molar-refractivity contribution in [1.29, 1.82) is 0 Å². The van der Waals surface area contributed by atoms with Gasteiger partial charge in [-0.3, -0.25) is 0 Å². The first kappa shape index (κ1) is 19.3. The standard InChI is InChI=1S/C16H23F3N4O2/c1-5-12-10-22(6-7-23(12)14(24)25-15(2,3)4)13-20-8-11(9-21-13)16(17,18)19/h8-9,12H,5-7,10H2,1-4H3/t12-/m1/s1. The zero-order valence-electron chi connectivity index (χ0n) is 14.8. The first-order valence-electron chi connectivity index (χ1n) is 8.15. The summed E-state index contributed by atoms with van der Waals surface area (Å²) < 4.78 is 43.2. The minimum Gasteiger partial charge on any atom is -0.444 e. The Balaban J connectivity index is 2.07. The van der Waals surface area contributed by atoms with E-state index in [1.807, 2.05) is 6.92 Å². The molecule has 1 aliphatic heterocycles. The highest BCUT2D eigenvalue weighted by molar-refractivity contribution is 5.69. The number of rotatable bonds is 2. The molecule has 140 valence electrons. The predicted octanol–water partition coefficient (Wildman–Crippen LogP) is 3.33. The summed E-state index contributed by atoms with van der Waals surface area (Å²) in [6.07, 6.45) is -2.59. The van der Waals surface area contributed by atoms with Crippen LogP contribution in [0.25, 0.3) is 0 Å². The molecular formula is C16H23F3N4O2. The Labute approximate surface area is 145 Å². The number of hydrogen-bond acceptors (Lipinski definition) is 5. The van der Waals surface area contributed by atoms with Crippen LogP contribution in [0.15, 0.2) is 12.4 Å². The van der Waals surface area contributed by atoms with Gasteiger partial charge in [-0.25, -0.2) is 14.8 Å². The summed E-state index contributed by atoms with van der Waals surface area (Å²) in [6, 6.07) is -0.116. The average molecular weight is 360 g/mol. The Morgan fingerprint density at radius 3 is 2.32 bits per heavy atom. The highest BCUT2D eigenvalue weighted by Gasteiger charge is 2.34. The van der Waals surface area contributed by atoms with Crippen molar-refractivity contribution in [2.45, 2.75) is 51.9 Å². The van der Waals surface area contributed by atoms with E-state index in [1.165, 1.54) is 0 Å². The summed E-state index contributed by atoms with van der Waals surface area (Å²) in [6.45, 7) is 8.63. The van der Waals surface area contributed by atoms with E-state index in [1.54, 1.807) is 30.6 Å². The molecule has 0 N–H and O–H groups in total. The number of carbonyl (C=O) groups excluding carboxylic acids is 1. The number of alkyl halides is 3. The molecule has 0 aromatic carbocycles. The van der Waals surface area contributed by atoms with Gasteiger partial charge in [0.15, 0.2) is 0 Å². The lowest BCUT2D eigenvalue weighted by Gasteiger charge is -2.41. The normalized spacial score (nSPS) is 19.1. The van der Waals surface area contributed by atoms with Crippen LogP contribution in [0.2, 0.25) is 0 Å². The van der Waals surface area contributed by atoms with E-state index in [2.05, 4.69) is 9.97 Å². The molecule has 1 aliphatic rings. The molecule has 2 heterocycles. The van der Waals surface area contributed by atoms with Crippen LogP contribution in [0.1, 0.15) is 39.7 Å². The van der Waals surface area contributed by atoms with Crippen LogP contribution < -0.4 is 4.90 Å². The Morgan fingerprint density at radius 2 is 1.84 bits per heavy atom. The summed E-state index contributed by atoms with van der Waals surface area (Å²) >= 11 is 0. The van der Waals surface area contributed by atoms with E-state index < -0.39 is 17.3 Å². The van der Waals surface area contributed by atoms with Gasteiger partial charge in [0.25, 0.3) is 0 Å². The van der Waals surface area contributed by atoms with Crippen LogP contribution in [0.3, 0.4) is 0 Å². The van der Waals surface area contributed by atoms with Gasteiger partial charge in [0.1, 0.15) is 5.60 Å². The van der Waals surface area contributed by atoms with Crippen molar-refractivity contribution in [3.05, 3.63) is 18.0 Å².